The van der Waals surface area contributed by atoms with Crippen molar-refractivity contribution in [1.82, 2.24) is 9.78 Å². The van der Waals surface area contributed by atoms with Crippen molar-refractivity contribution in [1.29, 1.82) is 0 Å². The summed E-state index contributed by atoms with van der Waals surface area (Å²) in [7, 11) is -4.06. The molecule has 4 rings (SSSR count). The van der Waals surface area contributed by atoms with Crippen LogP contribution < -0.4 is 4.72 Å². The minimum atomic E-state index is -4.06. The largest absolute Gasteiger partial charge is 0.276 e. The molecule has 0 aliphatic carbocycles. The molecule has 0 amide bonds. The van der Waals surface area contributed by atoms with Gasteiger partial charge in [-0.15, -0.1) is 0 Å². The molecule has 0 spiro atoms. The highest BCUT2D eigenvalue weighted by molar-refractivity contribution is 7.92. The van der Waals surface area contributed by atoms with Gasteiger partial charge in [0.15, 0.2) is 11.6 Å². The van der Waals surface area contributed by atoms with Crippen LogP contribution in [0.3, 0.4) is 0 Å². The van der Waals surface area contributed by atoms with Crippen molar-refractivity contribution in [3.05, 3.63) is 90.3 Å². The summed E-state index contributed by atoms with van der Waals surface area (Å²) in [5.74, 6) is -2.34. The first kappa shape index (κ1) is 18.1. The van der Waals surface area contributed by atoms with Crippen LogP contribution in [0, 0.1) is 11.6 Å². The molecule has 0 aliphatic heterocycles. The lowest BCUT2D eigenvalue weighted by atomic mass is 10.0. The molecule has 0 bridgehead atoms. The number of nitrogens with one attached hydrogen (secondary N) is 1. The molecular weight excluding hydrogens is 384 g/mol. The summed E-state index contributed by atoms with van der Waals surface area (Å²) in [6.07, 6.45) is 2.90. The standard InChI is InChI=1S/C20H15F2N3O2S/c21-19-9-8-17(10-20(19)22)28(26,27)24-16-11-23-25(13-16)12-15-6-3-5-14-4-1-2-7-18(14)15/h1-11,13,24H,12H2. The van der Waals surface area contributed by atoms with Gasteiger partial charge in [0, 0.05) is 6.20 Å². The summed E-state index contributed by atoms with van der Waals surface area (Å²) in [4.78, 5) is -0.367. The third-order valence-electron chi connectivity index (χ3n) is 4.30. The predicted octanol–water partition coefficient (Wildman–Crippen LogP) is 4.16. The number of sulfonamides is 1. The van der Waals surface area contributed by atoms with Crippen LogP contribution in [0.1, 0.15) is 5.56 Å². The van der Waals surface area contributed by atoms with Crippen molar-refractivity contribution in [3.8, 4) is 0 Å². The first-order chi connectivity index (χ1) is 13.4. The minimum absolute atomic E-state index is 0.227. The molecule has 5 nitrogen and oxygen atoms in total. The monoisotopic (exact) mass is 399 g/mol. The van der Waals surface area contributed by atoms with Crippen LogP contribution in [0.25, 0.3) is 10.8 Å². The first-order valence-electron chi connectivity index (χ1n) is 8.39. The van der Waals surface area contributed by atoms with E-state index in [0.29, 0.717) is 12.6 Å². The normalized spacial score (nSPS) is 11.6. The Balaban J connectivity index is 1.56. The van der Waals surface area contributed by atoms with Crippen molar-refractivity contribution in [2.24, 2.45) is 0 Å². The molecule has 4 aromatic rings. The molecule has 0 unspecified atom stereocenters. The number of aromatic nitrogens is 2. The van der Waals surface area contributed by atoms with Crippen molar-refractivity contribution in [3.63, 3.8) is 0 Å². The maximum atomic E-state index is 13.3. The van der Waals surface area contributed by atoms with Gasteiger partial charge < -0.3 is 0 Å². The number of hydrogen-bond acceptors (Lipinski definition) is 3. The quantitative estimate of drug-likeness (QED) is 0.548. The molecule has 3 aromatic carbocycles. The van der Waals surface area contributed by atoms with Gasteiger partial charge in [0.1, 0.15) is 0 Å². The van der Waals surface area contributed by atoms with Gasteiger partial charge in [-0.25, -0.2) is 17.2 Å². The van der Waals surface area contributed by atoms with Gasteiger partial charge >= 0.3 is 0 Å². The fraction of sp³-hybridized carbons (Fsp3) is 0.0500. The van der Waals surface area contributed by atoms with E-state index in [1.807, 2.05) is 42.5 Å². The van der Waals surface area contributed by atoms with Gasteiger partial charge in [0.25, 0.3) is 10.0 Å². The molecule has 1 heterocycles. The summed E-state index contributed by atoms with van der Waals surface area (Å²) in [6.45, 7) is 0.453. The topological polar surface area (TPSA) is 64.0 Å². The molecule has 0 radical (unpaired) electrons. The SMILES string of the molecule is O=S(=O)(Nc1cnn(Cc2cccc3ccccc23)c1)c1ccc(F)c(F)c1. The number of rotatable bonds is 5. The number of benzene rings is 3. The summed E-state index contributed by atoms with van der Waals surface area (Å²) in [5.41, 5.74) is 1.26. The van der Waals surface area contributed by atoms with E-state index < -0.39 is 21.7 Å². The zero-order chi connectivity index (χ0) is 19.7. The minimum Gasteiger partial charge on any atom is -0.276 e. The van der Waals surface area contributed by atoms with E-state index in [1.165, 1.54) is 6.20 Å². The Morgan fingerprint density at radius 1 is 0.964 bits per heavy atom. The number of fused-ring (bicyclic) bond motifs is 1. The van der Waals surface area contributed by atoms with E-state index in [2.05, 4.69) is 9.82 Å². The lowest BCUT2D eigenvalue weighted by Gasteiger charge is -2.07. The number of nitrogens with zero attached hydrogens (tertiary/aromatic N) is 2. The van der Waals surface area contributed by atoms with E-state index in [9.17, 15) is 17.2 Å². The molecule has 1 N–H and O–H groups in total. The smallest absolute Gasteiger partial charge is 0.262 e. The first-order valence-corrected chi connectivity index (χ1v) is 9.88. The van der Waals surface area contributed by atoms with Crippen LogP contribution >= 0.6 is 0 Å². The molecular formula is C20H15F2N3O2S. The lowest BCUT2D eigenvalue weighted by Crippen LogP contribution is -2.13. The van der Waals surface area contributed by atoms with Gasteiger partial charge in [-0.3, -0.25) is 9.40 Å². The zero-order valence-electron chi connectivity index (χ0n) is 14.5. The highest BCUT2D eigenvalue weighted by Crippen LogP contribution is 2.21. The molecule has 8 heteroatoms. The zero-order valence-corrected chi connectivity index (χ0v) is 15.3. The average Bonchev–Trinajstić information content (AvgIpc) is 3.10. The van der Waals surface area contributed by atoms with Gasteiger partial charge in [-0.1, -0.05) is 42.5 Å². The summed E-state index contributed by atoms with van der Waals surface area (Å²) < 4.78 is 55.0. The third kappa shape index (κ3) is 3.59. The molecule has 1 aromatic heterocycles. The molecule has 0 fully saturated rings. The number of anilines is 1. The molecule has 0 aliphatic rings. The van der Waals surface area contributed by atoms with Gasteiger partial charge in [-0.2, -0.15) is 5.10 Å². The maximum absolute atomic E-state index is 13.3. The highest BCUT2D eigenvalue weighted by Gasteiger charge is 2.17. The third-order valence-corrected chi connectivity index (χ3v) is 5.68. The fourth-order valence-electron chi connectivity index (χ4n) is 2.97. The maximum Gasteiger partial charge on any atom is 0.262 e. The summed E-state index contributed by atoms with van der Waals surface area (Å²) in [6, 6.07) is 16.3. The van der Waals surface area contributed by atoms with Crippen LogP contribution in [0.2, 0.25) is 0 Å². The predicted molar refractivity (Wildman–Crippen MR) is 102 cm³/mol. The average molecular weight is 399 g/mol. The molecule has 0 atom stereocenters. The Morgan fingerprint density at radius 2 is 1.75 bits per heavy atom. The molecule has 28 heavy (non-hydrogen) atoms. The van der Waals surface area contributed by atoms with Crippen LogP contribution in [0.5, 0.6) is 0 Å². The van der Waals surface area contributed by atoms with Gasteiger partial charge in [-0.05, 0) is 34.5 Å². The summed E-state index contributed by atoms with van der Waals surface area (Å²) >= 11 is 0. The van der Waals surface area contributed by atoms with Crippen LogP contribution in [-0.4, -0.2) is 18.2 Å². The Morgan fingerprint density at radius 3 is 2.57 bits per heavy atom. The van der Waals surface area contributed by atoms with E-state index in [-0.39, 0.29) is 10.6 Å². The van der Waals surface area contributed by atoms with Gasteiger partial charge in [0.05, 0.1) is 23.3 Å². The number of hydrogen-bond donors (Lipinski definition) is 1. The second kappa shape index (κ2) is 7.05. The van der Waals surface area contributed by atoms with Crippen molar-refractivity contribution < 1.29 is 17.2 Å². The molecule has 142 valence electrons. The second-order valence-corrected chi connectivity index (χ2v) is 7.93. The van der Waals surface area contributed by atoms with E-state index in [4.69, 9.17) is 0 Å². The van der Waals surface area contributed by atoms with Crippen molar-refractivity contribution in [2.75, 3.05) is 4.72 Å². The Kier molecular flexibility index (Phi) is 4.56. The highest BCUT2D eigenvalue weighted by atomic mass is 32.2. The van der Waals surface area contributed by atoms with E-state index in [1.54, 1.807) is 10.9 Å². The Hall–Kier alpha value is -3.26. The second-order valence-electron chi connectivity index (χ2n) is 6.25. The van der Waals surface area contributed by atoms with Gasteiger partial charge in [0.2, 0.25) is 0 Å². The van der Waals surface area contributed by atoms with Crippen LogP contribution in [0.15, 0.2) is 78.0 Å². The lowest BCUT2D eigenvalue weighted by molar-refractivity contribution is 0.504. The number of halogens is 2. The molecule has 0 saturated heterocycles. The van der Waals surface area contributed by atoms with E-state index >= 15 is 0 Å². The van der Waals surface area contributed by atoms with E-state index in [0.717, 1.165) is 28.5 Å². The summed E-state index contributed by atoms with van der Waals surface area (Å²) in [5, 5.41) is 6.37. The Bertz CT molecular complexity index is 1260. The van der Waals surface area contributed by atoms with Crippen LogP contribution in [-0.2, 0) is 16.6 Å². The fourth-order valence-corrected chi connectivity index (χ4v) is 4.01. The van der Waals surface area contributed by atoms with Crippen molar-refractivity contribution in [2.45, 2.75) is 11.4 Å². The molecule has 0 saturated carbocycles. The van der Waals surface area contributed by atoms with Crippen LogP contribution in [0.4, 0.5) is 14.5 Å². The Labute approximate surface area is 160 Å². The van der Waals surface area contributed by atoms with Crippen molar-refractivity contribution >= 4 is 26.5 Å².